The molecule has 0 aromatic heterocycles. The van der Waals surface area contributed by atoms with Crippen LogP contribution in [0.3, 0.4) is 0 Å². The van der Waals surface area contributed by atoms with Gasteiger partial charge in [-0.3, -0.25) is 5.01 Å². The van der Waals surface area contributed by atoms with Crippen molar-refractivity contribution in [1.82, 2.24) is 14.9 Å². The van der Waals surface area contributed by atoms with Gasteiger partial charge in [-0.2, -0.15) is 0 Å². The Morgan fingerprint density at radius 2 is 1.50 bits per heavy atom. The average Bonchev–Trinajstić information content (AvgIpc) is 3.01. The fourth-order valence-electron chi connectivity index (χ4n) is 3.88. The molecule has 0 unspecified atom stereocenters. The topological polar surface area (TPSA) is 9.72 Å². The molecule has 0 spiro atoms. The van der Waals surface area contributed by atoms with Crippen molar-refractivity contribution in [3.63, 3.8) is 0 Å². The van der Waals surface area contributed by atoms with Crippen LogP contribution in [0.2, 0.25) is 10.0 Å². The van der Waals surface area contributed by atoms with Gasteiger partial charge in [-0.1, -0.05) is 60.0 Å². The van der Waals surface area contributed by atoms with E-state index in [2.05, 4.69) is 46.2 Å². The molecular formula is C21H23Cl2N3. The average molecular weight is 388 g/mol. The van der Waals surface area contributed by atoms with E-state index in [1.165, 1.54) is 30.7 Å². The van der Waals surface area contributed by atoms with Crippen LogP contribution in [0.25, 0.3) is 11.4 Å². The van der Waals surface area contributed by atoms with Gasteiger partial charge in [0.05, 0.1) is 16.4 Å². The molecular weight excluding hydrogens is 365 g/mol. The molecule has 26 heavy (non-hydrogen) atoms. The third kappa shape index (κ3) is 3.32. The van der Waals surface area contributed by atoms with Gasteiger partial charge >= 0.3 is 0 Å². The summed E-state index contributed by atoms with van der Waals surface area (Å²) in [5.41, 5.74) is 4.61. The maximum atomic E-state index is 6.62. The molecule has 136 valence electrons. The summed E-state index contributed by atoms with van der Waals surface area (Å²) >= 11 is 12.7. The lowest BCUT2D eigenvalue weighted by atomic mass is 10.0. The van der Waals surface area contributed by atoms with Crippen molar-refractivity contribution >= 4 is 34.6 Å². The van der Waals surface area contributed by atoms with Gasteiger partial charge in [0.1, 0.15) is 6.67 Å². The predicted molar refractivity (Wildman–Crippen MR) is 110 cm³/mol. The molecule has 2 heterocycles. The third-order valence-electron chi connectivity index (χ3n) is 5.13. The van der Waals surface area contributed by atoms with Crippen LogP contribution in [0, 0.1) is 0 Å². The van der Waals surface area contributed by atoms with Gasteiger partial charge in [0, 0.05) is 36.3 Å². The molecule has 0 saturated carbocycles. The van der Waals surface area contributed by atoms with Gasteiger partial charge in [-0.15, -0.1) is 0 Å². The van der Waals surface area contributed by atoms with E-state index in [4.69, 9.17) is 23.2 Å². The Balaban J connectivity index is 1.86. The van der Waals surface area contributed by atoms with Gasteiger partial charge in [0.2, 0.25) is 0 Å². The van der Waals surface area contributed by atoms with Gasteiger partial charge in [0.15, 0.2) is 0 Å². The van der Waals surface area contributed by atoms with E-state index < -0.39 is 0 Å². The minimum Gasteiger partial charge on any atom is -0.353 e. The Morgan fingerprint density at radius 3 is 2.19 bits per heavy atom. The zero-order chi connectivity index (χ0) is 18.1. The molecule has 2 aliphatic rings. The minimum atomic E-state index is 0.752. The number of nitrogens with zero attached hydrogens (tertiary/aromatic N) is 3. The highest BCUT2D eigenvalue weighted by molar-refractivity contribution is 6.32. The molecule has 0 N–H and O–H groups in total. The standard InChI is InChI=1S/C21H23Cl2N3/c1-24-15-26(25-13-5-2-6-14-25)21(18-7-3-4-8-19(18)23)20(24)16-9-11-17(22)12-10-16/h3-4,7-12H,2,5-6,13-15H2,1H3. The number of hydrazine groups is 1. The van der Waals surface area contributed by atoms with Crippen LogP contribution >= 0.6 is 23.2 Å². The van der Waals surface area contributed by atoms with E-state index in [9.17, 15) is 0 Å². The smallest absolute Gasteiger partial charge is 0.105 e. The second-order valence-electron chi connectivity index (χ2n) is 6.94. The Morgan fingerprint density at radius 1 is 0.808 bits per heavy atom. The van der Waals surface area contributed by atoms with Crippen LogP contribution in [0.15, 0.2) is 48.5 Å². The van der Waals surface area contributed by atoms with E-state index in [1.807, 2.05) is 24.3 Å². The number of halogens is 2. The fourth-order valence-corrected chi connectivity index (χ4v) is 4.23. The van der Waals surface area contributed by atoms with E-state index >= 15 is 0 Å². The van der Waals surface area contributed by atoms with Gasteiger partial charge in [-0.25, -0.2) is 5.01 Å². The molecule has 0 aliphatic carbocycles. The van der Waals surface area contributed by atoms with Crippen molar-refractivity contribution in [1.29, 1.82) is 0 Å². The Kier molecular flexibility index (Phi) is 5.12. The number of piperidine rings is 1. The summed E-state index contributed by atoms with van der Waals surface area (Å²) in [6.07, 6.45) is 3.80. The summed E-state index contributed by atoms with van der Waals surface area (Å²) in [6.45, 7) is 3.02. The lowest BCUT2D eigenvalue weighted by Crippen LogP contribution is -2.44. The van der Waals surface area contributed by atoms with E-state index in [0.717, 1.165) is 40.9 Å². The predicted octanol–water partition coefficient (Wildman–Crippen LogP) is 5.43. The highest BCUT2D eigenvalue weighted by Gasteiger charge is 2.33. The van der Waals surface area contributed by atoms with Crippen molar-refractivity contribution < 1.29 is 0 Å². The molecule has 4 rings (SSSR count). The molecule has 1 saturated heterocycles. The Labute approximate surface area is 165 Å². The first-order valence-corrected chi connectivity index (χ1v) is 9.89. The van der Waals surface area contributed by atoms with Crippen LogP contribution in [-0.2, 0) is 0 Å². The van der Waals surface area contributed by atoms with E-state index in [-0.39, 0.29) is 0 Å². The number of rotatable bonds is 3. The number of hydrogen-bond donors (Lipinski definition) is 0. The summed E-state index contributed by atoms with van der Waals surface area (Å²) in [5, 5.41) is 6.42. The number of benzene rings is 2. The van der Waals surface area contributed by atoms with E-state index in [0.29, 0.717) is 0 Å². The second kappa shape index (κ2) is 7.51. The highest BCUT2D eigenvalue weighted by Crippen LogP contribution is 2.40. The Bertz CT molecular complexity index is 810. The maximum absolute atomic E-state index is 6.62. The van der Waals surface area contributed by atoms with Gasteiger partial charge in [0.25, 0.3) is 0 Å². The van der Waals surface area contributed by atoms with Crippen molar-refractivity contribution in [2.75, 3.05) is 26.8 Å². The zero-order valence-corrected chi connectivity index (χ0v) is 16.5. The van der Waals surface area contributed by atoms with E-state index in [1.54, 1.807) is 0 Å². The zero-order valence-electron chi connectivity index (χ0n) is 15.0. The van der Waals surface area contributed by atoms with Gasteiger partial charge in [-0.05, 0) is 31.0 Å². The lowest BCUT2D eigenvalue weighted by Gasteiger charge is -2.37. The molecule has 2 aliphatic heterocycles. The first kappa shape index (κ1) is 17.7. The van der Waals surface area contributed by atoms with Crippen LogP contribution in [-0.4, -0.2) is 41.7 Å². The fraction of sp³-hybridized carbons (Fsp3) is 0.333. The third-order valence-corrected chi connectivity index (χ3v) is 5.71. The summed E-state index contributed by atoms with van der Waals surface area (Å²) in [5.74, 6) is 0. The van der Waals surface area contributed by atoms with Crippen LogP contribution in [0.4, 0.5) is 0 Å². The van der Waals surface area contributed by atoms with Crippen LogP contribution < -0.4 is 0 Å². The molecule has 5 heteroatoms. The molecule has 2 aromatic rings. The monoisotopic (exact) mass is 387 g/mol. The lowest BCUT2D eigenvalue weighted by molar-refractivity contribution is 0.00301. The molecule has 3 nitrogen and oxygen atoms in total. The molecule has 0 atom stereocenters. The minimum absolute atomic E-state index is 0.752. The second-order valence-corrected chi connectivity index (χ2v) is 7.78. The van der Waals surface area contributed by atoms with Crippen molar-refractivity contribution in [2.45, 2.75) is 19.3 Å². The molecule has 0 radical (unpaired) electrons. The highest BCUT2D eigenvalue weighted by atomic mass is 35.5. The maximum Gasteiger partial charge on any atom is 0.105 e. The molecule has 0 amide bonds. The Hall–Kier alpha value is -1.68. The van der Waals surface area contributed by atoms with Crippen LogP contribution in [0.5, 0.6) is 0 Å². The van der Waals surface area contributed by atoms with Crippen molar-refractivity contribution in [3.05, 3.63) is 69.7 Å². The van der Waals surface area contributed by atoms with Gasteiger partial charge < -0.3 is 4.90 Å². The summed E-state index contributed by atoms with van der Waals surface area (Å²) in [6, 6.07) is 16.2. The van der Waals surface area contributed by atoms with Crippen molar-refractivity contribution in [3.8, 4) is 0 Å². The normalized spacial score (nSPS) is 18.7. The molecule has 2 aromatic carbocycles. The summed E-state index contributed by atoms with van der Waals surface area (Å²) < 4.78 is 0. The summed E-state index contributed by atoms with van der Waals surface area (Å²) in [4.78, 5) is 2.30. The SMILES string of the molecule is CN1CN(N2CCCCC2)C(c2ccccc2Cl)=C1c1ccc(Cl)cc1. The van der Waals surface area contributed by atoms with Crippen molar-refractivity contribution in [2.24, 2.45) is 0 Å². The quantitative estimate of drug-likeness (QED) is 0.695. The molecule has 1 fully saturated rings. The van der Waals surface area contributed by atoms with Crippen LogP contribution in [0.1, 0.15) is 30.4 Å². The summed E-state index contributed by atoms with van der Waals surface area (Å²) in [7, 11) is 2.14. The first-order valence-electron chi connectivity index (χ1n) is 9.14. The number of hydrogen-bond acceptors (Lipinski definition) is 3. The molecule has 0 bridgehead atoms. The largest absolute Gasteiger partial charge is 0.353 e. The first-order chi connectivity index (χ1) is 12.6.